The average Bonchev–Trinajstić information content (AvgIpc) is 2.83. The summed E-state index contributed by atoms with van der Waals surface area (Å²) in [6, 6.07) is 0. The van der Waals surface area contributed by atoms with Crippen LogP contribution >= 0.6 is 0 Å². The minimum atomic E-state index is -0.108. The number of nitrogens with one attached hydrogen (secondary N) is 1. The number of H-pyrrole nitrogens is 1. The summed E-state index contributed by atoms with van der Waals surface area (Å²) in [6.07, 6.45) is 5.97. The van der Waals surface area contributed by atoms with E-state index in [1.165, 1.54) is 6.39 Å². The normalized spacial score (nSPS) is 12.9. The van der Waals surface area contributed by atoms with Crippen LogP contribution in [0.4, 0.5) is 0 Å². The second-order valence-electron chi connectivity index (χ2n) is 6.42. The zero-order valence-corrected chi connectivity index (χ0v) is 11.7. The number of rotatable bonds is 3. The van der Waals surface area contributed by atoms with Gasteiger partial charge in [0.05, 0.1) is 6.20 Å². The van der Waals surface area contributed by atoms with Gasteiger partial charge in [-0.3, -0.25) is 0 Å². The van der Waals surface area contributed by atoms with Crippen molar-refractivity contribution in [3.63, 3.8) is 0 Å². The van der Waals surface area contributed by atoms with Gasteiger partial charge in [-0.25, -0.2) is 9.97 Å². The molecule has 0 unspecified atom stereocenters. The Hall–Kier alpha value is -1.58. The van der Waals surface area contributed by atoms with E-state index in [-0.39, 0.29) is 10.8 Å². The number of oxazole rings is 1. The quantitative estimate of drug-likeness (QED) is 0.906. The molecule has 0 atom stereocenters. The van der Waals surface area contributed by atoms with Gasteiger partial charge in [-0.1, -0.05) is 34.6 Å². The highest BCUT2D eigenvalue weighted by Gasteiger charge is 2.27. The zero-order chi connectivity index (χ0) is 13.4. The van der Waals surface area contributed by atoms with E-state index in [1.807, 2.05) is 6.20 Å². The summed E-state index contributed by atoms with van der Waals surface area (Å²) in [5.74, 6) is 1.87. The van der Waals surface area contributed by atoms with Gasteiger partial charge >= 0.3 is 0 Å². The first-order valence-electron chi connectivity index (χ1n) is 6.22. The Morgan fingerprint density at radius 3 is 2.39 bits per heavy atom. The number of hydrogen-bond acceptors (Lipinski definition) is 3. The van der Waals surface area contributed by atoms with E-state index >= 15 is 0 Å². The maximum atomic E-state index is 5.39. The molecule has 0 aliphatic heterocycles. The van der Waals surface area contributed by atoms with Gasteiger partial charge in [-0.05, 0) is 0 Å². The first kappa shape index (κ1) is 12.9. The highest BCUT2D eigenvalue weighted by atomic mass is 16.3. The Labute approximate surface area is 108 Å². The van der Waals surface area contributed by atoms with Gasteiger partial charge in [0.25, 0.3) is 0 Å². The third kappa shape index (κ3) is 2.63. The highest BCUT2D eigenvalue weighted by Crippen LogP contribution is 2.27. The van der Waals surface area contributed by atoms with E-state index in [0.29, 0.717) is 0 Å². The molecule has 2 aromatic rings. The Bertz CT molecular complexity index is 503. The minimum Gasteiger partial charge on any atom is -0.448 e. The molecule has 98 valence electrons. The van der Waals surface area contributed by atoms with E-state index in [2.05, 4.69) is 49.6 Å². The van der Waals surface area contributed by atoms with Crippen molar-refractivity contribution < 1.29 is 4.42 Å². The molecule has 0 spiro atoms. The van der Waals surface area contributed by atoms with Gasteiger partial charge in [-0.2, -0.15) is 0 Å². The van der Waals surface area contributed by atoms with Crippen molar-refractivity contribution in [3.8, 4) is 0 Å². The van der Waals surface area contributed by atoms with Crippen molar-refractivity contribution in [3.05, 3.63) is 36.1 Å². The van der Waals surface area contributed by atoms with Crippen molar-refractivity contribution in [2.75, 3.05) is 0 Å². The first-order valence-corrected chi connectivity index (χ1v) is 6.22. The van der Waals surface area contributed by atoms with Crippen molar-refractivity contribution in [1.82, 2.24) is 15.0 Å². The molecule has 0 fully saturated rings. The fraction of sp³-hybridized carbons (Fsp3) is 0.571. The summed E-state index contributed by atoms with van der Waals surface area (Å²) in [5, 5.41) is 0. The average molecular weight is 247 g/mol. The molecule has 0 radical (unpaired) electrons. The highest BCUT2D eigenvalue weighted by molar-refractivity contribution is 5.15. The van der Waals surface area contributed by atoms with Crippen LogP contribution in [0.2, 0.25) is 0 Å². The lowest BCUT2D eigenvalue weighted by molar-refractivity contribution is 0.376. The molecule has 0 amide bonds. The Balaban J connectivity index is 2.17. The molecule has 2 aromatic heterocycles. The molecular formula is C14H21N3O. The molecule has 0 bridgehead atoms. The van der Waals surface area contributed by atoms with Crippen LogP contribution < -0.4 is 0 Å². The molecule has 18 heavy (non-hydrogen) atoms. The topological polar surface area (TPSA) is 54.7 Å². The van der Waals surface area contributed by atoms with Crippen LogP contribution in [0.15, 0.2) is 23.2 Å². The number of imidazole rings is 1. The zero-order valence-electron chi connectivity index (χ0n) is 11.7. The SMILES string of the molecule is CC(C)(C)c1cnc(CC(C)(C)c2cnco2)[nH]1. The van der Waals surface area contributed by atoms with E-state index in [9.17, 15) is 0 Å². The van der Waals surface area contributed by atoms with Gasteiger partial charge in [0.1, 0.15) is 11.6 Å². The van der Waals surface area contributed by atoms with Crippen LogP contribution in [0, 0.1) is 0 Å². The number of aromatic nitrogens is 3. The van der Waals surface area contributed by atoms with Gasteiger partial charge in [0.15, 0.2) is 6.39 Å². The summed E-state index contributed by atoms with van der Waals surface area (Å²) < 4.78 is 5.39. The third-order valence-corrected chi connectivity index (χ3v) is 3.15. The first-order chi connectivity index (χ1) is 8.29. The molecule has 2 rings (SSSR count). The minimum absolute atomic E-state index is 0.0988. The van der Waals surface area contributed by atoms with Crippen LogP contribution in [-0.4, -0.2) is 15.0 Å². The molecule has 1 N–H and O–H groups in total. The largest absolute Gasteiger partial charge is 0.448 e. The summed E-state index contributed by atoms with van der Waals surface area (Å²) in [7, 11) is 0. The number of aromatic amines is 1. The maximum absolute atomic E-state index is 5.39. The number of hydrogen-bond donors (Lipinski definition) is 1. The summed E-state index contributed by atoms with van der Waals surface area (Å²) >= 11 is 0. The standard InChI is InChI=1S/C14H21N3O/c1-13(2,3)10-7-16-12(17-10)6-14(4,5)11-8-15-9-18-11/h7-9H,6H2,1-5H3,(H,16,17). The van der Waals surface area contributed by atoms with Gasteiger partial charge in [-0.15, -0.1) is 0 Å². The molecule has 4 heteroatoms. The Kier molecular flexibility index (Phi) is 3.05. The van der Waals surface area contributed by atoms with Crippen LogP contribution in [-0.2, 0) is 17.3 Å². The molecule has 4 nitrogen and oxygen atoms in total. The van der Waals surface area contributed by atoms with E-state index in [4.69, 9.17) is 4.42 Å². The lowest BCUT2D eigenvalue weighted by Crippen LogP contribution is -2.21. The Morgan fingerprint density at radius 1 is 1.17 bits per heavy atom. The van der Waals surface area contributed by atoms with Gasteiger partial charge in [0, 0.05) is 29.1 Å². The third-order valence-electron chi connectivity index (χ3n) is 3.15. The smallest absolute Gasteiger partial charge is 0.180 e. The van der Waals surface area contributed by atoms with Gasteiger partial charge in [0.2, 0.25) is 0 Å². The predicted octanol–water partition coefficient (Wildman–Crippen LogP) is 3.22. The summed E-state index contributed by atoms with van der Waals surface area (Å²) in [5.41, 5.74) is 1.15. The molecule has 2 heterocycles. The number of nitrogens with zero attached hydrogens (tertiary/aromatic N) is 2. The second kappa shape index (κ2) is 4.26. The van der Waals surface area contributed by atoms with Crippen LogP contribution in [0.5, 0.6) is 0 Å². The van der Waals surface area contributed by atoms with Gasteiger partial charge < -0.3 is 9.40 Å². The molecule has 0 aliphatic rings. The van der Waals surface area contributed by atoms with E-state index in [1.54, 1.807) is 6.20 Å². The van der Waals surface area contributed by atoms with Crippen LogP contribution in [0.25, 0.3) is 0 Å². The van der Waals surface area contributed by atoms with Crippen LogP contribution in [0.3, 0.4) is 0 Å². The van der Waals surface area contributed by atoms with E-state index in [0.717, 1.165) is 23.7 Å². The molecule has 0 saturated heterocycles. The predicted molar refractivity (Wildman–Crippen MR) is 70.5 cm³/mol. The fourth-order valence-electron chi connectivity index (χ4n) is 1.89. The molecule has 0 aromatic carbocycles. The summed E-state index contributed by atoms with van der Waals surface area (Å²) in [6.45, 7) is 10.8. The lowest BCUT2D eigenvalue weighted by Gasteiger charge is -2.20. The monoisotopic (exact) mass is 247 g/mol. The molecule has 0 saturated carbocycles. The molecular weight excluding hydrogens is 226 g/mol. The maximum Gasteiger partial charge on any atom is 0.180 e. The van der Waals surface area contributed by atoms with Crippen molar-refractivity contribution in [1.29, 1.82) is 0 Å². The lowest BCUT2D eigenvalue weighted by atomic mass is 9.86. The summed E-state index contributed by atoms with van der Waals surface area (Å²) in [4.78, 5) is 11.8. The Morgan fingerprint density at radius 2 is 1.89 bits per heavy atom. The van der Waals surface area contributed by atoms with Crippen molar-refractivity contribution >= 4 is 0 Å². The molecule has 0 aliphatic carbocycles. The fourth-order valence-corrected chi connectivity index (χ4v) is 1.89. The second-order valence-corrected chi connectivity index (χ2v) is 6.42. The van der Waals surface area contributed by atoms with E-state index < -0.39 is 0 Å². The van der Waals surface area contributed by atoms with Crippen LogP contribution in [0.1, 0.15) is 51.9 Å². The van der Waals surface area contributed by atoms with Crippen molar-refractivity contribution in [2.24, 2.45) is 0 Å². The van der Waals surface area contributed by atoms with Crippen molar-refractivity contribution in [2.45, 2.75) is 51.9 Å².